The van der Waals surface area contributed by atoms with Gasteiger partial charge in [0.1, 0.15) is 0 Å². The smallest absolute Gasteiger partial charge is 0.219 e. The molecule has 2 rings (SSSR count). The van der Waals surface area contributed by atoms with Crippen molar-refractivity contribution in [2.24, 2.45) is 5.92 Å². The van der Waals surface area contributed by atoms with Crippen LogP contribution in [0.15, 0.2) is 0 Å². The molecule has 0 aromatic carbocycles. The Balaban J connectivity index is 2.05. The van der Waals surface area contributed by atoms with Gasteiger partial charge in [-0.15, -0.1) is 0 Å². The van der Waals surface area contributed by atoms with E-state index in [1.54, 1.807) is 6.92 Å². The molecule has 0 radical (unpaired) electrons. The van der Waals surface area contributed by atoms with Crippen LogP contribution in [-0.2, 0) is 4.79 Å². The predicted octanol–water partition coefficient (Wildman–Crippen LogP) is 1.32. The van der Waals surface area contributed by atoms with Gasteiger partial charge < -0.3 is 10.2 Å². The number of amides is 1. The molecule has 0 unspecified atom stereocenters. The largest absolute Gasteiger partial charge is 0.343 e. The van der Waals surface area contributed by atoms with Crippen molar-refractivity contribution >= 4 is 5.91 Å². The molecule has 0 aromatic heterocycles. The maximum Gasteiger partial charge on any atom is 0.219 e. The second kappa shape index (κ2) is 6.23. The Morgan fingerprint density at radius 1 is 1.16 bits per heavy atom. The van der Waals surface area contributed by atoms with Gasteiger partial charge in [-0.25, -0.2) is 0 Å². The highest BCUT2D eigenvalue weighted by Crippen LogP contribution is 2.35. The summed E-state index contributed by atoms with van der Waals surface area (Å²) in [5.41, 5.74) is 0.336. The van der Waals surface area contributed by atoms with Crippen molar-refractivity contribution in [3.63, 3.8) is 0 Å². The molecule has 4 heteroatoms. The van der Waals surface area contributed by atoms with Gasteiger partial charge >= 0.3 is 0 Å². The van der Waals surface area contributed by atoms with Gasteiger partial charge in [-0.3, -0.25) is 9.69 Å². The van der Waals surface area contributed by atoms with E-state index in [0.717, 1.165) is 58.0 Å². The number of hydrogen-bond donors (Lipinski definition) is 1. The number of nitrogens with zero attached hydrogens (tertiary/aromatic N) is 2. The standard InChI is InChI=1S/C15H29N3O/c1-13(2)12-15(18-10-6-16-7-11-18)4-8-17(9-5-15)14(3)19/h13,16H,4-12H2,1-3H3. The Morgan fingerprint density at radius 2 is 1.74 bits per heavy atom. The summed E-state index contributed by atoms with van der Waals surface area (Å²) < 4.78 is 0. The molecule has 2 saturated heterocycles. The zero-order valence-electron chi connectivity index (χ0n) is 12.7. The molecule has 19 heavy (non-hydrogen) atoms. The molecule has 0 bridgehead atoms. The average Bonchev–Trinajstić information content (AvgIpc) is 2.39. The average molecular weight is 267 g/mol. The molecule has 110 valence electrons. The van der Waals surface area contributed by atoms with Crippen LogP contribution in [0.1, 0.15) is 40.0 Å². The number of likely N-dealkylation sites (tertiary alicyclic amines) is 1. The fourth-order valence-electron chi connectivity index (χ4n) is 3.79. The second-order valence-electron chi connectivity index (χ2n) is 6.57. The van der Waals surface area contributed by atoms with Crippen molar-refractivity contribution in [3.05, 3.63) is 0 Å². The highest BCUT2D eigenvalue weighted by molar-refractivity contribution is 5.73. The van der Waals surface area contributed by atoms with Gasteiger partial charge in [-0.2, -0.15) is 0 Å². The van der Waals surface area contributed by atoms with E-state index in [1.165, 1.54) is 6.42 Å². The second-order valence-corrected chi connectivity index (χ2v) is 6.57. The van der Waals surface area contributed by atoms with Gasteiger partial charge in [0.05, 0.1) is 0 Å². The molecule has 1 N–H and O–H groups in total. The van der Waals surface area contributed by atoms with E-state index in [4.69, 9.17) is 0 Å². The molecule has 2 fully saturated rings. The first-order valence-corrected chi connectivity index (χ1v) is 7.75. The third-order valence-corrected chi connectivity index (χ3v) is 4.72. The first-order valence-electron chi connectivity index (χ1n) is 7.75. The molecule has 2 aliphatic heterocycles. The molecule has 2 aliphatic rings. The van der Waals surface area contributed by atoms with E-state index in [0.29, 0.717) is 5.54 Å². The zero-order valence-corrected chi connectivity index (χ0v) is 12.7. The number of rotatable bonds is 3. The Hall–Kier alpha value is -0.610. The topological polar surface area (TPSA) is 35.6 Å². The van der Waals surface area contributed by atoms with E-state index in [9.17, 15) is 4.79 Å². The summed E-state index contributed by atoms with van der Waals surface area (Å²) >= 11 is 0. The fraction of sp³-hybridized carbons (Fsp3) is 0.933. The third-order valence-electron chi connectivity index (χ3n) is 4.72. The van der Waals surface area contributed by atoms with E-state index in [-0.39, 0.29) is 5.91 Å². The van der Waals surface area contributed by atoms with Crippen LogP contribution in [0.5, 0.6) is 0 Å². The van der Waals surface area contributed by atoms with Gasteiger partial charge in [0, 0.05) is 51.7 Å². The van der Waals surface area contributed by atoms with Crippen LogP contribution in [0.2, 0.25) is 0 Å². The van der Waals surface area contributed by atoms with Gasteiger partial charge in [0.15, 0.2) is 0 Å². The van der Waals surface area contributed by atoms with Crippen LogP contribution in [0.4, 0.5) is 0 Å². The number of piperidine rings is 1. The van der Waals surface area contributed by atoms with Crippen LogP contribution in [0, 0.1) is 5.92 Å². The van der Waals surface area contributed by atoms with Crippen molar-refractivity contribution in [1.29, 1.82) is 0 Å². The summed E-state index contributed by atoms with van der Waals surface area (Å²) in [7, 11) is 0. The molecular formula is C15H29N3O. The van der Waals surface area contributed by atoms with Crippen molar-refractivity contribution in [2.45, 2.75) is 45.6 Å². The first kappa shape index (κ1) is 14.8. The van der Waals surface area contributed by atoms with Crippen LogP contribution >= 0.6 is 0 Å². The normalized spacial score (nSPS) is 24.7. The highest BCUT2D eigenvalue weighted by Gasteiger charge is 2.40. The first-order chi connectivity index (χ1) is 9.03. The maximum atomic E-state index is 11.5. The lowest BCUT2D eigenvalue weighted by molar-refractivity contribution is -0.132. The van der Waals surface area contributed by atoms with Gasteiger partial charge in [0.2, 0.25) is 5.91 Å². The minimum Gasteiger partial charge on any atom is -0.343 e. The molecule has 0 saturated carbocycles. The van der Waals surface area contributed by atoms with E-state index in [1.807, 2.05) is 4.90 Å². The van der Waals surface area contributed by atoms with Crippen LogP contribution in [0.3, 0.4) is 0 Å². The van der Waals surface area contributed by atoms with Crippen molar-refractivity contribution < 1.29 is 4.79 Å². The minimum absolute atomic E-state index is 0.235. The fourth-order valence-corrected chi connectivity index (χ4v) is 3.79. The predicted molar refractivity (Wildman–Crippen MR) is 78.1 cm³/mol. The number of carbonyl (C=O) groups excluding carboxylic acids is 1. The lowest BCUT2D eigenvalue weighted by Gasteiger charge is -2.51. The Labute approximate surface area is 117 Å². The monoisotopic (exact) mass is 267 g/mol. The Kier molecular flexibility index (Phi) is 4.85. The van der Waals surface area contributed by atoms with Gasteiger partial charge in [-0.1, -0.05) is 13.8 Å². The van der Waals surface area contributed by atoms with Gasteiger partial charge in [-0.05, 0) is 25.2 Å². The molecule has 0 aliphatic carbocycles. The minimum atomic E-state index is 0.235. The van der Waals surface area contributed by atoms with Crippen molar-refractivity contribution in [1.82, 2.24) is 15.1 Å². The quantitative estimate of drug-likeness (QED) is 0.838. The summed E-state index contributed by atoms with van der Waals surface area (Å²) in [5, 5.41) is 3.45. The zero-order chi connectivity index (χ0) is 13.9. The van der Waals surface area contributed by atoms with Crippen LogP contribution in [-0.4, -0.2) is 60.5 Å². The number of hydrogen-bond acceptors (Lipinski definition) is 3. The Morgan fingerprint density at radius 3 is 2.21 bits per heavy atom. The van der Waals surface area contributed by atoms with E-state index in [2.05, 4.69) is 24.1 Å². The lowest BCUT2D eigenvalue weighted by atomic mass is 9.78. The summed E-state index contributed by atoms with van der Waals surface area (Å²) in [6.45, 7) is 12.7. The van der Waals surface area contributed by atoms with E-state index >= 15 is 0 Å². The Bertz CT molecular complexity index is 303. The third kappa shape index (κ3) is 3.48. The molecule has 0 spiro atoms. The van der Waals surface area contributed by atoms with Gasteiger partial charge in [0.25, 0.3) is 0 Å². The summed E-state index contributed by atoms with van der Waals surface area (Å²) in [4.78, 5) is 16.2. The SMILES string of the molecule is CC(=O)N1CCC(CC(C)C)(N2CCNCC2)CC1. The summed E-state index contributed by atoms with van der Waals surface area (Å²) in [6, 6.07) is 0. The highest BCUT2D eigenvalue weighted by atomic mass is 16.2. The summed E-state index contributed by atoms with van der Waals surface area (Å²) in [5.74, 6) is 0.956. The molecule has 2 heterocycles. The molecule has 0 atom stereocenters. The lowest BCUT2D eigenvalue weighted by Crippen LogP contribution is -2.61. The van der Waals surface area contributed by atoms with Crippen molar-refractivity contribution in [2.75, 3.05) is 39.3 Å². The summed E-state index contributed by atoms with van der Waals surface area (Å²) in [6.07, 6.45) is 3.55. The maximum absolute atomic E-state index is 11.5. The van der Waals surface area contributed by atoms with Crippen molar-refractivity contribution in [3.8, 4) is 0 Å². The number of nitrogens with one attached hydrogen (secondary N) is 1. The molecule has 0 aromatic rings. The number of piperazine rings is 1. The molecule has 4 nitrogen and oxygen atoms in total. The molecule has 1 amide bonds. The molecular weight excluding hydrogens is 238 g/mol. The number of carbonyl (C=O) groups is 1. The van der Waals surface area contributed by atoms with Crippen LogP contribution in [0.25, 0.3) is 0 Å². The van der Waals surface area contributed by atoms with Crippen LogP contribution < -0.4 is 5.32 Å². The van der Waals surface area contributed by atoms with E-state index < -0.39 is 0 Å².